The van der Waals surface area contributed by atoms with Gasteiger partial charge in [0.1, 0.15) is 23.3 Å². The summed E-state index contributed by atoms with van der Waals surface area (Å²) in [7, 11) is 0. The normalized spacial score (nSPS) is 10.5. The molecule has 0 spiro atoms. The van der Waals surface area contributed by atoms with Gasteiger partial charge in [-0.05, 0) is 40.5 Å². The number of nitrogens with zero attached hydrogens (tertiary/aromatic N) is 2. The first-order valence-electron chi connectivity index (χ1n) is 5.94. The van der Waals surface area contributed by atoms with Crippen LogP contribution in [0, 0.1) is 5.82 Å². The van der Waals surface area contributed by atoms with E-state index in [4.69, 9.17) is 5.73 Å². The van der Waals surface area contributed by atoms with Crippen LogP contribution < -0.4 is 11.1 Å². The summed E-state index contributed by atoms with van der Waals surface area (Å²) in [5, 5.41) is 3.09. The van der Waals surface area contributed by atoms with Crippen molar-refractivity contribution >= 4 is 33.3 Å². The summed E-state index contributed by atoms with van der Waals surface area (Å²) < 4.78 is 13.6. The number of aromatic nitrogens is 2. The van der Waals surface area contributed by atoms with Crippen LogP contribution in [0.15, 0.2) is 28.7 Å². The smallest absolute Gasteiger partial charge is 0.136 e. The van der Waals surface area contributed by atoms with Crippen molar-refractivity contribution in [1.82, 2.24) is 9.97 Å². The van der Waals surface area contributed by atoms with E-state index in [0.29, 0.717) is 21.9 Å². The maximum atomic E-state index is 13.0. The fraction of sp³-hybridized carbons (Fsp3) is 0.231. The molecule has 3 N–H and O–H groups in total. The molecule has 0 aliphatic heterocycles. The van der Waals surface area contributed by atoms with Gasteiger partial charge in [0.2, 0.25) is 0 Å². The van der Waals surface area contributed by atoms with Crippen molar-refractivity contribution in [3.8, 4) is 0 Å². The van der Waals surface area contributed by atoms with Crippen molar-refractivity contribution in [3.05, 3.63) is 40.4 Å². The highest BCUT2D eigenvalue weighted by Gasteiger charge is 2.06. The molecular formula is C13H14BrFN4. The molecule has 0 aliphatic carbocycles. The maximum Gasteiger partial charge on any atom is 0.136 e. The number of nitrogen functional groups attached to an aromatic ring is 1. The van der Waals surface area contributed by atoms with Gasteiger partial charge in [-0.15, -0.1) is 0 Å². The summed E-state index contributed by atoms with van der Waals surface area (Å²) in [5.74, 6) is 1.41. The van der Waals surface area contributed by atoms with Crippen molar-refractivity contribution in [2.75, 3.05) is 11.1 Å². The molecule has 0 atom stereocenters. The van der Waals surface area contributed by atoms with Crippen LogP contribution in [0.2, 0.25) is 0 Å². The Morgan fingerprint density at radius 1 is 1.32 bits per heavy atom. The third-order valence-electron chi connectivity index (χ3n) is 2.46. The average Bonchev–Trinajstić information content (AvgIpc) is 2.32. The van der Waals surface area contributed by atoms with Gasteiger partial charge >= 0.3 is 0 Å². The second kappa shape index (κ2) is 5.97. The molecule has 1 aromatic carbocycles. The topological polar surface area (TPSA) is 63.8 Å². The molecule has 4 nitrogen and oxygen atoms in total. The number of hydrogen-bond donors (Lipinski definition) is 2. The first kappa shape index (κ1) is 13.7. The van der Waals surface area contributed by atoms with E-state index < -0.39 is 0 Å². The minimum Gasteiger partial charge on any atom is -0.384 e. The van der Waals surface area contributed by atoms with Gasteiger partial charge in [0.15, 0.2) is 0 Å². The van der Waals surface area contributed by atoms with Gasteiger partial charge in [-0.1, -0.05) is 6.92 Å². The predicted molar refractivity (Wildman–Crippen MR) is 77.8 cm³/mol. The molecule has 1 heterocycles. The van der Waals surface area contributed by atoms with Gasteiger partial charge in [-0.2, -0.15) is 0 Å². The maximum absolute atomic E-state index is 13.0. The average molecular weight is 325 g/mol. The van der Waals surface area contributed by atoms with Crippen LogP contribution in [0.3, 0.4) is 0 Å². The summed E-state index contributed by atoms with van der Waals surface area (Å²) >= 11 is 3.30. The van der Waals surface area contributed by atoms with E-state index in [1.54, 1.807) is 12.1 Å². The third kappa shape index (κ3) is 3.64. The van der Waals surface area contributed by atoms with Crippen LogP contribution in [0.25, 0.3) is 0 Å². The van der Waals surface area contributed by atoms with Crippen LogP contribution in [0.1, 0.15) is 19.2 Å². The lowest BCUT2D eigenvalue weighted by Crippen LogP contribution is -2.03. The van der Waals surface area contributed by atoms with Crippen LogP contribution in [-0.2, 0) is 6.42 Å². The van der Waals surface area contributed by atoms with Crippen LogP contribution in [0.5, 0.6) is 0 Å². The van der Waals surface area contributed by atoms with Gasteiger partial charge in [0.05, 0.1) is 5.69 Å². The molecule has 100 valence electrons. The highest BCUT2D eigenvalue weighted by atomic mass is 79.9. The van der Waals surface area contributed by atoms with Gasteiger partial charge in [-0.3, -0.25) is 0 Å². The lowest BCUT2D eigenvalue weighted by molar-refractivity contribution is 0.627. The molecule has 2 aromatic rings. The van der Waals surface area contributed by atoms with E-state index in [2.05, 4.69) is 38.1 Å². The summed E-state index contributed by atoms with van der Waals surface area (Å²) in [5.41, 5.74) is 6.47. The Morgan fingerprint density at radius 2 is 2.11 bits per heavy atom. The van der Waals surface area contributed by atoms with Gasteiger partial charge < -0.3 is 11.1 Å². The van der Waals surface area contributed by atoms with Crippen molar-refractivity contribution < 1.29 is 4.39 Å². The van der Waals surface area contributed by atoms with Gasteiger partial charge in [0, 0.05) is 17.0 Å². The van der Waals surface area contributed by atoms with Crippen molar-refractivity contribution in [2.45, 2.75) is 19.8 Å². The van der Waals surface area contributed by atoms with E-state index in [9.17, 15) is 4.39 Å². The first-order chi connectivity index (χ1) is 9.08. The fourth-order valence-corrected chi connectivity index (χ4v) is 2.10. The molecule has 19 heavy (non-hydrogen) atoms. The zero-order valence-electron chi connectivity index (χ0n) is 10.5. The number of hydrogen-bond acceptors (Lipinski definition) is 4. The number of aryl methyl sites for hydroxylation is 1. The Kier molecular flexibility index (Phi) is 4.31. The highest BCUT2D eigenvalue weighted by molar-refractivity contribution is 9.10. The fourth-order valence-electron chi connectivity index (χ4n) is 1.65. The van der Waals surface area contributed by atoms with E-state index >= 15 is 0 Å². The number of anilines is 3. The minimum atomic E-state index is -0.300. The van der Waals surface area contributed by atoms with Crippen LogP contribution in [-0.4, -0.2) is 9.97 Å². The Morgan fingerprint density at radius 3 is 2.79 bits per heavy atom. The number of benzene rings is 1. The molecule has 0 bridgehead atoms. The van der Waals surface area contributed by atoms with E-state index in [0.717, 1.165) is 18.5 Å². The summed E-state index contributed by atoms with van der Waals surface area (Å²) in [4.78, 5) is 8.52. The second-order valence-electron chi connectivity index (χ2n) is 4.09. The Balaban J connectivity index is 2.27. The zero-order valence-corrected chi connectivity index (χ0v) is 12.0. The molecule has 0 unspecified atom stereocenters. The molecule has 0 saturated carbocycles. The monoisotopic (exact) mass is 324 g/mol. The standard InChI is InChI=1S/C13H14BrFN4/c1-2-3-12-18-11(16)7-13(19-12)17-10-5-4-8(15)6-9(10)14/h4-7H,2-3H2,1H3,(H3,16,17,18,19). The molecule has 0 radical (unpaired) electrons. The van der Waals surface area contributed by atoms with Gasteiger partial charge in [-0.25, -0.2) is 14.4 Å². The van der Waals surface area contributed by atoms with Crippen molar-refractivity contribution in [2.24, 2.45) is 0 Å². The highest BCUT2D eigenvalue weighted by Crippen LogP contribution is 2.26. The molecule has 0 amide bonds. The van der Waals surface area contributed by atoms with E-state index in [1.165, 1.54) is 12.1 Å². The number of nitrogens with two attached hydrogens (primary N) is 1. The summed E-state index contributed by atoms with van der Waals surface area (Å²) in [6, 6.07) is 6.05. The lowest BCUT2D eigenvalue weighted by atomic mass is 10.3. The zero-order chi connectivity index (χ0) is 13.8. The van der Waals surface area contributed by atoms with Gasteiger partial charge in [0.25, 0.3) is 0 Å². The minimum absolute atomic E-state index is 0.300. The molecule has 0 aliphatic rings. The lowest BCUT2D eigenvalue weighted by Gasteiger charge is -2.09. The van der Waals surface area contributed by atoms with Crippen molar-refractivity contribution in [3.63, 3.8) is 0 Å². The van der Waals surface area contributed by atoms with E-state index in [1.807, 2.05) is 0 Å². The molecular weight excluding hydrogens is 311 g/mol. The largest absolute Gasteiger partial charge is 0.384 e. The van der Waals surface area contributed by atoms with Crippen LogP contribution >= 0.6 is 15.9 Å². The number of rotatable bonds is 4. The SMILES string of the molecule is CCCc1nc(N)cc(Nc2ccc(F)cc2Br)n1. The summed E-state index contributed by atoms with van der Waals surface area (Å²) in [6.45, 7) is 2.05. The Bertz CT molecular complexity index is 589. The van der Waals surface area contributed by atoms with E-state index in [-0.39, 0.29) is 5.82 Å². The molecule has 0 fully saturated rings. The first-order valence-corrected chi connectivity index (χ1v) is 6.73. The summed E-state index contributed by atoms with van der Waals surface area (Å²) in [6.07, 6.45) is 1.72. The number of nitrogens with one attached hydrogen (secondary N) is 1. The van der Waals surface area contributed by atoms with Crippen molar-refractivity contribution in [1.29, 1.82) is 0 Å². The Hall–Kier alpha value is -1.69. The molecule has 1 aromatic heterocycles. The quantitative estimate of drug-likeness (QED) is 0.900. The molecule has 6 heteroatoms. The van der Waals surface area contributed by atoms with Crippen LogP contribution in [0.4, 0.5) is 21.7 Å². The second-order valence-corrected chi connectivity index (χ2v) is 4.95. The molecule has 0 saturated heterocycles. The molecule has 2 rings (SSSR count). The number of halogens is 2. The Labute approximate surface area is 119 Å². The predicted octanol–water partition coefficient (Wildman–Crippen LogP) is 3.66. The third-order valence-corrected chi connectivity index (χ3v) is 3.12.